The molecule has 0 saturated carbocycles. The van der Waals surface area contributed by atoms with Crippen LogP contribution in [0.4, 0.5) is 0 Å². The van der Waals surface area contributed by atoms with Gasteiger partial charge in [-0.15, -0.1) is 0 Å². The van der Waals surface area contributed by atoms with E-state index >= 15 is 0 Å². The second kappa shape index (κ2) is 6.36. The van der Waals surface area contributed by atoms with Crippen LogP contribution in [0, 0.1) is 0 Å². The van der Waals surface area contributed by atoms with Gasteiger partial charge in [-0.3, -0.25) is 9.69 Å². The molecule has 3 heteroatoms. The van der Waals surface area contributed by atoms with Gasteiger partial charge in [-0.1, -0.05) is 6.92 Å². The van der Waals surface area contributed by atoms with Crippen LogP contribution in [0.5, 0.6) is 0 Å². The molecule has 2 atom stereocenters. The molecule has 0 amide bonds. The Bertz CT molecular complexity index is 230. The summed E-state index contributed by atoms with van der Waals surface area (Å²) in [5, 5.41) is 0. The van der Waals surface area contributed by atoms with Gasteiger partial charge in [0.05, 0.1) is 0 Å². The smallest absolute Gasteiger partial charge is 0.131 e. The van der Waals surface area contributed by atoms with E-state index in [2.05, 4.69) is 30.7 Å². The Morgan fingerprint density at radius 1 is 1.44 bits per heavy atom. The number of likely N-dealkylation sites (N-methyl/N-ethyl adjacent to an activating group) is 1. The van der Waals surface area contributed by atoms with E-state index in [0.717, 1.165) is 13.1 Å². The molecule has 1 heterocycles. The molecule has 94 valence electrons. The van der Waals surface area contributed by atoms with E-state index in [1.165, 1.54) is 19.4 Å². The number of hydrogen-bond donors (Lipinski definition) is 0. The molecule has 2 unspecified atom stereocenters. The largest absolute Gasteiger partial charge is 0.305 e. The molecule has 0 bridgehead atoms. The number of nitrogens with zero attached hydrogens (tertiary/aromatic N) is 2. The first-order valence-electron chi connectivity index (χ1n) is 6.48. The zero-order valence-electron chi connectivity index (χ0n) is 11.2. The van der Waals surface area contributed by atoms with Crippen LogP contribution in [0.3, 0.4) is 0 Å². The predicted molar refractivity (Wildman–Crippen MR) is 67.7 cm³/mol. The van der Waals surface area contributed by atoms with Crippen LogP contribution in [0.2, 0.25) is 0 Å². The number of carbonyl (C=O) groups excluding carboxylic acids is 1. The van der Waals surface area contributed by atoms with Gasteiger partial charge >= 0.3 is 0 Å². The van der Waals surface area contributed by atoms with Crippen molar-refractivity contribution in [3.8, 4) is 0 Å². The van der Waals surface area contributed by atoms with Gasteiger partial charge in [0.25, 0.3) is 0 Å². The molecular weight excluding hydrogens is 200 g/mol. The molecule has 0 aromatic carbocycles. The van der Waals surface area contributed by atoms with Gasteiger partial charge in [-0.05, 0) is 46.8 Å². The van der Waals surface area contributed by atoms with Crippen LogP contribution in [0.15, 0.2) is 0 Å². The van der Waals surface area contributed by atoms with E-state index in [0.29, 0.717) is 24.3 Å². The van der Waals surface area contributed by atoms with Crippen LogP contribution in [0.1, 0.15) is 40.0 Å². The number of Topliss-reactive ketones (excluding diaryl/α,β-unsaturated/α-hetero) is 1. The normalized spacial score (nSPS) is 26.4. The van der Waals surface area contributed by atoms with Crippen molar-refractivity contribution in [2.45, 2.75) is 52.1 Å². The molecule has 3 nitrogen and oxygen atoms in total. The third-order valence-electron chi connectivity index (χ3n) is 3.57. The van der Waals surface area contributed by atoms with Crippen molar-refractivity contribution in [1.82, 2.24) is 9.80 Å². The van der Waals surface area contributed by atoms with Gasteiger partial charge in [0.15, 0.2) is 0 Å². The fourth-order valence-corrected chi connectivity index (χ4v) is 2.74. The first kappa shape index (κ1) is 13.7. The van der Waals surface area contributed by atoms with Crippen LogP contribution in [0.25, 0.3) is 0 Å². The molecule has 16 heavy (non-hydrogen) atoms. The lowest BCUT2D eigenvalue weighted by Gasteiger charge is -2.34. The molecule has 0 aliphatic carbocycles. The van der Waals surface area contributed by atoms with Crippen molar-refractivity contribution in [2.24, 2.45) is 0 Å². The number of rotatable bonds is 4. The summed E-state index contributed by atoms with van der Waals surface area (Å²) in [6.07, 6.45) is 3.09. The Kier molecular flexibility index (Phi) is 5.42. The van der Waals surface area contributed by atoms with Crippen LogP contribution >= 0.6 is 0 Å². The predicted octanol–water partition coefficient (Wildman–Crippen LogP) is 1.77. The number of hydrogen-bond acceptors (Lipinski definition) is 3. The first-order valence-corrected chi connectivity index (χ1v) is 6.48. The Balaban J connectivity index is 2.63. The highest BCUT2D eigenvalue weighted by molar-refractivity contribution is 5.76. The van der Waals surface area contributed by atoms with E-state index in [-0.39, 0.29) is 0 Å². The van der Waals surface area contributed by atoms with E-state index < -0.39 is 0 Å². The van der Waals surface area contributed by atoms with Gasteiger partial charge in [-0.25, -0.2) is 0 Å². The van der Waals surface area contributed by atoms with E-state index in [9.17, 15) is 4.79 Å². The maximum Gasteiger partial charge on any atom is 0.131 e. The summed E-state index contributed by atoms with van der Waals surface area (Å²) < 4.78 is 0. The molecule has 0 aromatic heterocycles. The molecule has 0 N–H and O–H groups in total. The minimum atomic E-state index is 0.306. The average molecular weight is 226 g/mol. The lowest BCUT2D eigenvalue weighted by atomic mass is 10.1. The van der Waals surface area contributed by atoms with E-state index in [1.54, 1.807) is 6.92 Å². The monoisotopic (exact) mass is 226 g/mol. The maximum atomic E-state index is 11.2. The van der Waals surface area contributed by atoms with Crippen molar-refractivity contribution in [1.29, 1.82) is 0 Å². The first-order chi connectivity index (χ1) is 7.54. The SMILES string of the molecule is CCC1CN(C)CCCN1C(C)CC(C)=O. The van der Waals surface area contributed by atoms with Gasteiger partial charge < -0.3 is 4.90 Å². The lowest BCUT2D eigenvalue weighted by Crippen LogP contribution is -2.45. The summed E-state index contributed by atoms with van der Waals surface area (Å²) in [6.45, 7) is 9.59. The summed E-state index contributed by atoms with van der Waals surface area (Å²) >= 11 is 0. The molecule has 1 rings (SSSR count). The van der Waals surface area contributed by atoms with Crippen molar-refractivity contribution in [2.75, 3.05) is 26.7 Å². The third-order valence-corrected chi connectivity index (χ3v) is 3.57. The van der Waals surface area contributed by atoms with Gasteiger partial charge in [-0.2, -0.15) is 0 Å². The summed E-state index contributed by atoms with van der Waals surface area (Å²) in [7, 11) is 2.20. The highest BCUT2D eigenvalue weighted by atomic mass is 16.1. The Hall–Kier alpha value is -0.410. The van der Waals surface area contributed by atoms with Crippen LogP contribution in [-0.2, 0) is 4.79 Å². The summed E-state index contributed by atoms with van der Waals surface area (Å²) in [5.41, 5.74) is 0. The molecular formula is C13H26N2O. The third kappa shape index (κ3) is 3.87. The summed E-state index contributed by atoms with van der Waals surface area (Å²) in [4.78, 5) is 16.1. The van der Waals surface area contributed by atoms with Crippen molar-refractivity contribution in [3.63, 3.8) is 0 Å². The molecule has 1 aliphatic rings. The number of ketones is 1. The molecule has 1 saturated heterocycles. The van der Waals surface area contributed by atoms with Crippen molar-refractivity contribution in [3.05, 3.63) is 0 Å². The minimum Gasteiger partial charge on any atom is -0.305 e. The number of carbonyl (C=O) groups is 1. The second-order valence-corrected chi connectivity index (χ2v) is 5.17. The zero-order valence-corrected chi connectivity index (χ0v) is 11.2. The quantitative estimate of drug-likeness (QED) is 0.730. The fraction of sp³-hybridized carbons (Fsp3) is 0.923. The Morgan fingerprint density at radius 2 is 2.12 bits per heavy atom. The lowest BCUT2D eigenvalue weighted by molar-refractivity contribution is -0.118. The topological polar surface area (TPSA) is 23.6 Å². The van der Waals surface area contributed by atoms with Crippen molar-refractivity contribution >= 4 is 5.78 Å². The van der Waals surface area contributed by atoms with E-state index in [1.807, 2.05) is 0 Å². The van der Waals surface area contributed by atoms with Crippen molar-refractivity contribution < 1.29 is 4.79 Å². The fourth-order valence-electron chi connectivity index (χ4n) is 2.74. The minimum absolute atomic E-state index is 0.306. The van der Waals surface area contributed by atoms with Crippen LogP contribution < -0.4 is 0 Å². The molecule has 1 aliphatic heterocycles. The average Bonchev–Trinajstić information content (AvgIpc) is 2.38. The second-order valence-electron chi connectivity index (χ2n) is 5.17. The van der Waals surface area contributed by atoms with Gasteiger partial charge in [0.1, 0.15) is 5.78 Å². The zero-order chi connectivity index (χ0) is 12.1. The molecule has 1 fully saturated rings. The van der Waals surface area contributed by atoms with E-state index in [4.69, 9.17) is 0 Å². The summed E-state index contributed by atoms with van der Waals surface area (Å²) in [5.74, 6) is 0.306. The van der Waals surface area contributed by atoms with Crippen LogP contribution in [-0.4, -0.2) is 54.3 Å². The standard InChI is InChI=1S/C13H26N2O/c1-5-13-10-14(4)7-6-8-15(13)11(2)9-12(3)16/h11,13H,5-10H2,1-4H3. The molecule has 0 spiro atoms. The van der Waals surface area contributed by atoms with Gasteiger partial charge in [0, 0.05) is 25.0 Å². The molecule has 0 aromatic rings. The van der Waals surface area contributed by atoms with Gasteiger partial charge in [0.2, 0.25) is 0 Å². The highest BCUT2D eigenvalue weighted by Gasteiger charge is 2.26. The Labute approximate surface area is 99.8 Å². The summed E-state index contributed by atoms with van der Waals surface area (Å²) in [6, 6.07) is 1.01. The maximum absolute atomic E-state index is 11.2. The highest BCUT2D eigenvalue weighted by Crippen LogP contribution is 2.17. The molecule has 0 radical (unpaired) electrons. The Morgan fingerprint density at radius 3 is 2.69 bits per heavy atom.